The standard InChI is InChI=1S/C43H66O5/c1-27(2)29-11-15-34-31(23-29)13-17-36-40(34,5)19-9-21-42(36,7)38(48-46)25-33(44)26-47-39(45)43(8)22-10-20-41(6)35-16-12-30(28(3)4)24-32(35)14-18-37(41)43/h13-14,23-24,27-28,33-38,44,46H,9-12,15-22,25-26H2,1-8H3. The first kappa shape index (κ1) is 36.1. The third-order valence-corrected chi connectivity index (χ3v) is 15.4. The van der Waals surface area contributed by atoms with Crippen molar-refractivity contribution in [3.63, 3.8) is 0 Å². The maximum Gasteiger partial charge on any atom is 0.312 e. The Kier molecular flexibility index (Phi) is 10.1. The van der Waals surface area contributed by atoms with E-state index in [2.05, 4.69) is 79.7 Å². The average Bonchev–Trinajstić information content (AvgIpc) is 3.05. The van der Waals surface area contributed by atoms with E-state index in [1.165, 1.54) is 30.4 Å². The van der Waals surface area contributed by atoms with Gasteiger partial charge < -0.3 is 9.84 Å². The SMILES string of the molecule is CC(C)C1=CC2=CCC3C(C)(C(=O)OCC(O)CC(OO)C4(C)CCCC5(C)C6CCC(C(C)C)=CC6=CCC45)CCCC3(C)C2CC1. The van der Waals surface area contributed by atoms with Gasteiger partial charge >= 0.3 is 5.97 Å². The molecule has 2 saturated carbocycles. The summed E-state index contributed by atoms with van der Waals surface area (Å²) in [7, 11) is 0. The van der Waals surface area contributed by atoms with E-state index in [0.717, 1.165) is 57.8 Å². The van der Waals surface area contributed by atoms with Crippen molar-refractivity contribution >= 4 is 5.97 Å². The number of carbonyl (C=O) groups is 1. The van der Waals surface area contributed by atoms with Crippen LogP contribution in [0, 0.1) is 57.2 Å². The van der Waals surface area contributed by atoms with Crippen LogP contribution in [0.15, 0.2) is 46.6 Å². The summed E-state index contributed by atoms with van der Waals surface area (Å²) in [6.45, 7) is 18.4. The largest absolute Gasteiger partial charge is 0.463 e. The molecule has 10 atom stereocenters. The van der Waals surface area contributed by atoms with Crippen LogP contribution in [0.5, 0.6) is 0 Å². The summed E-state index contributed by atoms with van der Waals surface area (Å²) in [5.41, 5.74) is 5.47. The second kappa shape index (κ2) is 13.5. The van der Waals surface area contributed by atoms with Crippen molar-refractivity contribution in [1.82, 2.24) is 0 Å². The van der Waals surface area contributed by atoms with Gasteiger partial charge in [0.25, 0.3) is 0 Å². The number of fused-ring (bicyclic) bond motifs is 6. The molecule has 268 valence electrons. The van der Waals surface area contributed by atoms with Crippen molar-refractivity contribution in [2.75, 3.05) is 6.61 Å². The first-order valence-electron chi connectivity index (χ1n) is 19.6. The Labute approximate surface area is 291 Å². The Hall–Kier alpha value is -1.69. The van der Waals surface area contributed by atoms with Crippen LogP contribution in [0.25, 0.3) is 0 Å². The zero-order valence-corrected chi connectivity index (χ0v) is 31.4. The molecule has 0 aromatic rings. The molecule has 0 radical (unpaired) electrons. The van der Waals surface area contributed by atoms with Crippen LogP contribution in [0.3, 0.4) is 0 Å². The molecule has 6 rings (SSSR count). The van der Waals surface area contributed by atoms with Gasteiger partial charge in [-0.2, -0.15) is 0 Å². The second-order valence-electron chi connectivity index (χ2n) is 18.6. The normalized spacial score (nSPS) is 40.7. The number of aliphatic hydroxyl groups is 1. The molecule has 0 aliphatic heterocycles. The van der Waals surface area contributed by atoms with E-state index in [1.807, 2.05) is 0 Å². The molecule has 0 bridgehead atoms. The van der Waals surface area contributed by atoms with Crippen LogP contribution in [0.1, 0.15) is 139 Å². The molecule has 0 aromatic carbocycles. The Balaban J connectivity index is 1.13. The fourth-order valence-corrected chi connectivity index (χ4v) is 12.5. The van der Waals surface area contributed by atoms with Gasteiger partial charge in [-0.3, -0.25) is 10.1 Å². The van der Waals surface area contributed by atoms with Crippen LogP contribution < -0.4 is 0 Å². The lowest BCUT2D eigenvalue weighted by Crippen LogP contribution is -2.55. The zero-order chi connectivity index (χ0) is 34.6. The third kappa shape index (κ3) is 6.04. The highest BCUT2D eigenvalue weighted by Crippen LogP contribution is 2.64. The lowest BCUT2D eigenvalue weighted by Gasteiger charge is -2.60. The number of esters is 1. The zero-order valence-electron chi connectivity index (χ0n) is 31.4. The van der Waals surface area contributed by atoms with Crippen molar-refractivity contribution < 1.29 is 24.8 Å². The predicted molar refractivity (Wildman–Crippen MR) is 193 cm³/mol. The average molecular weight is 663 g/mol. The van der Waals surface area contributed by atoms with Crippen molar-refractivity contribution in [1.29, 1.82) is 0 Å². The van der Waals surface area contributed by atoms with Gasteiger partial charge in [-0.05, 0) is 129 Å². The molecular weight excluding hydrogens is 596 g/mol. The van der Waals surface area contributed by atoms with E-state index in [-0.39, 0.29) is 41.2 Å². The summed E-state index contributed by atoms with van der Waals surface area (Å²) in [4.78, 5) is 19.3. The van der Waals surface area contributed by atoms with E-state index < -0.39 is 17.6 Å². The Bertz CT molecular complexity index is 1350. The van der Waals surface area contributed by atoms with Crippen molar-refractivity contribution in [3.8, 4) is 0 Å². The summed E-state index contributed by atoms with van der Waals surface area (Å²) in [5, 5.41) is 21.7. The second-order valence-corrected chi connectivity index (χ2v) is 18.6. The summed E-state index contributed by atoms with van der Waals surface area (Å²) in [6.07, 6.45) is 21.4. The Morgan fingerprint density at radius 1 is 0.812 bits per heavy atom. The molecule has 2 fully saturated rings. The molecule has 6 aliphatic carbocycles. The summed E-state index contributed by atoms with van der Waals surface area (Å²) < 4.78 is 6.04. The number of hydrogen-bond donors (Lipinski definition) is 2. The van der Waals surface area contributed by atoms with Gasteiger partial charge in [0, 0.05) is 11.8 Å². The summed E-state index contributed by atoms with van der Waals surface area (Å²) in [5.74, 6) is 2.60. The highest BCUT2D eigenvalue weighted by Gasteiger charge is 2.59. The number of aliphatic hydroxyl groups excluding tert-OH is 1. The topological polar surface area (TPSA) is 76.0 Å². The first-order valence-corrected chi connectivity index (χ1v) is 19.6. The number of carbonyl (C=O) groups excluding carboxylic acids is 1. The van der Waals surface area contributed by atoms with Gasteiger partial charge in [0.2, 0.25) is 0 Å². The van der Waals surface area contributed by atoms with E-state index in [4.69, 9.17) is 9.62 Å². The molecule has 0 heterocycles. The van der Waals surface area contributed by atoms with Crippen LogP contribution >= 0.6 is 0 Å². The molecule has 0 spiro atoms. The number of allylic oxidation sites excluding steroid dienone is 8. The van der Waals surface area contributed by atoms with Gasteiger partial charge in [0.05, 0.1) is 11.5 Å². The first-order chi connectivity index (χ1) is 22.7. The fraction of sp³-hybridized carbons (Fsp3) is 0.791. The maximum atomic E-state index is 14.0. The van der Waals surface area contributed by atoms with Crippen LogP contribution in [0.2, 0.25) is 0 Å². The molecule has 0 saturated heterocycles. The minimum atomic E-state index is -0.897. The van der Waals surface area contributed by atoms with E-state index in [9.17, 15) is 15.2 Å². The molecule has 0 amide bonds. The van der Waals surface area contributed by atoms with Gasteiger partial charge in [0.15, 0.2) is 0 Å². The van der Waals surface area contributed by atoms with E-state index in [1.54, 1.807) is 11.1 Å². The quantitative estimate of drug-likeness (QED) is 0.146. The van der Waals surface area contributed by atoms with Crippen LogP contribution in [0.4, 0.5) is 0 Å². The molecular formula is C43H66O5. The van der Waals surface area contributed by atoms with Crippen molar-refractivity contribution in [2.24, 2.45) is 57.2 Å². The number of ether oxygens (including phenoxy) is 1. The van der Waals surface area contributed by atoms with Crippen molar-refractivity contribution in [2.45, 2.75) is 151 Å². The minimum Gasteiger partial charge on any atom is -0.463 e. The van der Waals surface area contributed by atoms with Crippen molar-refractivity contribution in [3.05, 3.63) is 46.6 Å². The fourth-order valence-electron chi connectivity index (χ4n) is 12.5. The molecule has 5 heteroatoms. The predicted octanol–water partition coefficient (Wildman–Crippen LogP) is 10.4. The Morgan fingerprint density at radius 3 is 1.88 bits per heavy atom. The van der Waals surface area contributed by atoms with E-state index >= 15 is 0 Å². The molecule has 2 N–H and O–H groups in total. The van der Waals surface area contributed by atoms with E-state index in [0.29, 0.717) is 29.6 Å². The monoisotopic (exact) mass is 662 g/mol. The number of rotatable bonds is 9. The van der Waals surface area contributed by atoms with Gasteiger partial charge in [-0.25, -0.2) is 4.89 Å². The van der Waals surface area contributed by atoms with Gasteiger partial charge in [-0.15, -0.1) is 0 Å². The van der Waals surface area contributed by atoms with Gasteiger partial charge in [-0.1, -0.05) is 96.8 Å². The lowest BCUT2D eigenvalue weighted by molar-refractivity contribution is -0.322. The van der Waals surface area contributed by atoms with Crippen LogP contribution in [-0.4, -0.2) is 35.1 Å². The lowest BCUT2D eigenvalue weighted by atomic mass is 9.45. The molecule has 0 aromatic heterocycles. The Morgan fingerprint density at radius 2 is 1.33 bits per heavy atom. The minimum absolute atomic E-state index is 0.0593. The van der Waals surface area contributed by atoms with Crippen LogP contribution in [-0.2, 0) is 14.4 Å². The number of hydrogen-bond acceptors (Lipinski definition) is 5. The highest BCUT2D eigenvalue weighted by molar-refractivity contribution is 5.77. The third-order valence-electron chi connectivity index (χ3n) is 15.4. The summed E-state index contributed by atoms with van der Waals surface area (Å²) in [6, 6.07) is 0. The molecule has 5 nitrogen and oxygen atoms in total. The smallest absolute Gasteiger partial charge is 0.312 e. The molecule has 48 heavy (non-hydrogen) atoms. The molecule has 6 aliphatic rings. The highest BCUT2D eigenvalue weighted by atomic mass is 17.1. The molecule has 10 unspecified atom stereocenters. The maximum absolute atomic E-state index is 14.0. The van der Waals surface area contributed by atoms with Gasteiger partial charge in [0.1, 0.15) is 12.7 Å². The summed E-state index contributed by atoms with van der Waals surface area (Å²) >= 11 is 0.